The average Bonchev–Trinajstić information content (AvgIpc) is 2.84. The van der Waals surface area contributed by atoms with Crippen molar-refractivity contribution in [3.63, 3.8) is 0 Å². The van der Waals surface area contributed by atoms with Gasteiger partial charge in [-0.05, 0) is 18.6 Å². The Bertz CT molecular complexity index is 735. The van der Waals surface area contributed by atoms with E-state index in [1.54, 1.807) is 6.07 Å². The lowest BCUT2D eigenvalue weighted by molar-refractivity contribution is -0.136. The third kappa shape index (κ3) is 2.00. The average molecular weight is 299 g/mol. The number of hydrogen-bond donors (Lipinski definition) is 1. The topological polar surface area (TPSA) is 99.5 Å². The molecule has 7 nitrogen and oxygen atoms in total. The molecule has 1 saturated heterocycles. The largest absolute Gasteiger partial charge is 0.496 e. The van der Waals surface area contributed by atoms with E-state index in [9.17, 15) is 19.6 Å². The molecule has 22 heavy (non-hydrogen) atoms. The van der Waals surface area contributed by atoms with Gasteiger partial charge in [0.2, 0.25) is 11.8 Å². The van der Waals surface area contributed by atoms with Crippen molar-refractivity contribution in [2.45, 2.75) is 25.4 Å². The first-order valence-corrected chi connectivity index (χ1v) is 6.81. The molecule has 2 aliphatic heterocycles. The summed E-state index contributed by atoms with van der Waals surface area (Å²) in [6.45, 7) is 0.194. The summed E-state index contributed by atoms with van der Waals surface area (Å²) in [5.74, 6) is -0.673. The second-order valence-corrected chi connectivity index (χ2v) is 5.18. The van der Waals surface area contributed by atoms with Crippen LogP contribution in [0, 0.1) is 11.3 Å². The van der Waals surface area contributed by atoms with Gasteiger partial charge in [0.15, 0.2) is 0 Å². The van der Waals surface area contributed by atoms with Crippen molar-refractivity contribution in [2.75, 3.05) is 7.11 Å². The first-order chi connectivity index (χ1) is 10.6. The van der Waals surface area contributed by atoms with Crippen LogP contribution in [0.1, 0.15) is 34.3 Å². The number of rotatable bonds is 2. The number of fused-ring (bicyclic) bond motifs is 1. The highest BCUT2D eigenvalue weighted by Crippen LogP contribution is 2.35. The number of amides is 3. The van der Waals surface area contributed by atoms with Gasteiger partial charge in [0.1, 0.15) is 11.8 Å². The maximum Gasteiger partial charge on any atom is 0.256 e. The van der Waals surface area contributed by atoms with Crippen LogP contribution < -0.4 is 10.1 Å². The van der Waals surface area contributed by atoms with Crippen LogP contribution in [0.2, 0.25) is 0 Å². The maximum absolute atomic E-state index is 12.6. The highest BCUT2D eigenvalue weighted by Gasteiger charge is 2.41. The quantitative estimate of drug-likeness (QED) is 0.793. The number of nitrogens with zero attached hydrogens (tertiary/aromatic N) is 2. The smallest absolute Gasteiger partial charge is 0.256 e. The van der Waals surface area contributed by atoms with Gasteiger partial charge in [0, 0.05) is 12.0 Å². The van der Waals surface area contributed by atoms with E-state index in [0.29, 0.717) is 11.3 Å². The number of carbonyl (C=O) groups excluding carboxylic acids is 3. The van der Waals surface area contributed by atoms with Crippen LogP contribution in [0.4, 0.5) is 0 Å². The summed E-state index contributed by atoms with van der Waals surface area (Å²) < 4.78 is 5.24. The molecular formula is C15H13N3O4. The van der Waals surface area contributed by atoms with Crippen LogP contribution in [0.5, 0.6) is 5.75 Å². The minimum Gasteiger partial charge on any atom is -0.496 e. The fourth-order valence-corrected chi connectivity index (χ4v) is 2.93. The van der Waals surface area contributed by atoms with Crippen molar-refractivity contribution in [1.29, 1.82) is 5.26 Å². The number of benzene rings is 1. The van der Waals surface area contributed by atoms with Crippen LogP contribution >= 0.6 is 0 Å². The zero-order valence-corrected chi connectivity index (χ0v) is 11.9. The van der Waals surface area contributed by atoms with Crippen molar-refractivity contribution < 1.29 is 19.1 Å². The standard InChI is InChI=1S/C15H13N3O4/c1-22-11-4-2-8(6-16)13-9(11)7-18(15(13)21)10-3-5-12(19)17-14(10)20/h2,4,10H,3,5,7H2,1H3,(H,17,19,20). The monoisotopic (exact) mass is 299 g/mol. The highest BCUT2D eigenvalue weighted by molar-refractivity contribution is 6.06. The van der Waals surface area contributed by atoms with Crippen LogP contribution in [0.25, 0.3) is 0 Å². The molecule has 0 radical (unpaired) electrons. The number of hydrogen-bond acceptors (Lipinski definition) is 5. The third-order valence-electron chi connectivity index (χ3n) is 4.00. The van der Waals surface area contributed by atoms with Crippen LogP contribution in [-0.2, 0) is 16.1 Å². The predicted octanol–water partition coefficient (Wildman–Crippen LogP) is 0.328. The molecule has 3 amide bonds. The third-order valence-corrected chi connectivity index (χ3v) is 4.00. The molecule has 1 atom stereocenters. The summed E-state index contributed by atoms with van der Waals surface area (Å²) in [7, 11) is 1.49. The molecule has 0 bridgehead atoms. The normalized spacial score (nSPS) is 20.5. The number of piperidine rings is 1. The Labute approximate surface area is 126 Å². The van der Waals surface area contributed by atoms with Gasteiger partial charge in [-0.1, -0.05) is 0 Å². The number of nitrogens with one attached hydrogen (secondary N) is 1. The van der Waals surface area contributed by atoms with E-state index < -0.39 is 11.9 Å². The van der Waals surface area contributed by atoms with E-state index in [-0.39, 0.29) is 42.3 Å². The number of methoxy groups -OCH3 is 1. The summed E-state index contributed by atoms with van der Waals surface area (Å²) in [6, 6.07) is 4.46. The van der Waals surface area contributed by atoms with Gasteiger partial charge in [-0.25, -0.2) is 0 Å². The van der Waals surface area contributed by atoms with Gasteiger partial charge < -0.3 is 9.64 Å². The molecule has 3 rings (SSSR count). The summed E-state index contributed by atoms with van der Waals surface area (Å²) in [5.41, 5.74) is 1.15. The van der Waals surface area contributed by atoms with Crippen molar-refractivity contribution in [1.82, 2.24) is 10.2 Å². The molecule has 0 spiro atoms. The Hall–Kier alpha value is -2.88. The second-order valence-electron chi connectivity index (χ2n) is 5.18. The first-order valence-electron chi connectivity index (χ1n) is 6.81. The van der Waals surface area contributed by atoms with Gasteiger partial charge in [-0.2, -0.15) is 5.26 Å². The van der Waals surface area contributed by atoms with Crippen molar-refractivity contribution in [2.24, 2.45) is 0 Å². The maximum atomic E-state index is 12.6. The fourth-order valence-electron chi connectivity index (χ4n) is 2.93. The molecule has 112 valence electrons. The number of carbonyl (C=O) groups is 3. The molecule has 0 saturated carbocycles. The molecule has 2 heterocycles. The molecule has 1 N–H and O–H groups in total. The highest BCUT2D eigenvalue weighted by atomic mass is 16.5. The molecule has 1 fully saturated rings. The SMILES string of the molecule is COc1ccc(C#N)c2c1CN(C1CCC(=O)NC1=O)C2=O. The van der Waals surface area contributed by atoms with Crippen molar-refractivity contribution in [3.05, 3.63) is 28.8 Å². The Morgan fingerprint density at radius 3 is 2.77 bits per heavy atom. The van der Waals surface area contributed by atoms with Gasteiger partial charge in [0.25, 0.3) is 5.91 Å². The van der Waals surface area contributed by atoms with Crippen LogP contribution in [-0.4, -0.2) is 35.8 Å². The number of ether oxygens (including phenoxy) is 1. The molecule has 1 aromatic carbocycles. The van der Waals surface area contributed by atoms with E-state index >= 15 is 0 Å². The molecule has 7 heteroatoms. The van der Waals surface area contributed by atoms with Gasteiger partial charge in [-0.3, -0.25) is 19.7 Å². The fraction of sp³-hybridized carbons (Fsp3) is 0.333. The summed E-state index contributed by atoms with van der Waals surface area (Å²) in [4.78, 5) is 37.2. The second kappa shape index (κ2) is 5.15. The van der Waals surface area contributed by atoms with Gasteiger partial charge in [-0.15, -0.1) is 0 Å². The lowest BCUT2D eigenvalue weighted by Gasteiger charge is -2.29. The zero-order chi connectivity index (χ0) is 15.9. The zero-order valence-electron chi connectivity index (χ0n) is 11.9. The minimum absolute atomic E-state index is 0.193. The van der Waals surface area contributed by atoms with Crippen molar-refractivity contribution in [3.8, 4) is 11.8 Å². The Balaban J connectivity index is 1.99. The predicted molar refractivity (Wildman–Crippen MR) is 73.8 cm³/mol. The molecule has 1 unspecified atom stereocenters. The lowest BCUT2D eigenvalue weighted by atomic mass is 10.0. The molecule has 0 aliphatic carbocycles. The van der Waals surface area contributed by atoms with Crippen LogP contribution in [0.15, 0.2) is 12.1 Å². The molecule has 1 aromatic rings. The molecular weight excluding hydrogens is 286 g/mol. The summed E-state index contributed by atoms with van der Waals surface area (Å²) >= 11 is 0. The van der Waals surface area contributed by atoms with E-state index in [1.165, 1.54) is 18.1 Å². The number of imide groups is 1. The molecule has 2 aliphatic rings. The van der Waals surface area contributed by atoms with Crippen LogP contribution in [0.3, 0.4) is 0 Å². The van der Waals surface area contributed by atoms with Gasteiger partial charge >= 0.3 is 0 Å². The van der Waals surface area contributed by atoms with Crippen molar-refractivity contribution >= 4 is 17.7 Å². The van der Waals surface area contributed by atoms with E-state index in [0.717, 1.165) is 0 Å². The Morgan fingerprint density at radius 1 is 1.36 bits per heavy atom. The Morgan fingerprint density at radius 2 is 2.14 bits per heavy atom. The summed E-state index contributed by atoms with van der Waals surface area (Å²) in [5, 5.41) is 11.4. The van der Waals surface area contributed by atoms with E-state index in [4.69, 9.17) is 4.74 Å². The van der Waals surface area contributed by atoms with E-state index in [2.05, 4.69) is 5.32 Å². The summed E-state index contributed by atoms with van der Waals surface area (Å²) in [6.07, 6.45) is 0.480. The van der Waals surface area contributed by atoms with Gasteiger partial charge in [0.05, 0.1) is 30.9 Å². The molecule has 0 aromatic heterocycles. The number of nitriles is 1. The van der Waals surface area contributed by atoms with E-state index in [1.807, 2.05) is 6.07 Å². The Kier molecular flexibility index (Phi) is 3.29. The lowest BCUT2D eigenvalue weighted by Crippen LogP contribution is -2.52. The minimum atomic E-state index is -0.700. The first kappa shape index (κ1) is 14.1.